The summed E-state index contributed by atoms with van der Waals surface area (Å²) in [7, 11) is 2.02. The summed E-state index contributed by atoms with van der Waals surface area (Å²) in [4.78, 5) is 31.9. The number of nitrogens with zero attached hydrogens (tertiary/aromatic N) is 3. The summed E-state index contributed by atoms with van der Waals surface area (Å²) in [5.74, 6) is -0.105. The average molecular weight is 568 g/mol. The highest BCUT2D eigenvalue weighted by molar-refractivity contribution is 9.10. The fourth-order valence-corrected chi connectivity index (χ4v) is 5.06. The largest absolute Gasteiger partial charge is 0.490 e. The minimum absolute atomic E-state index is 0.00399. The SMILES string of the molecule is CN1CCN(C(=O)C[C@H]2CN(C(=O)c3cccc(C(F)(F)F)c3)CC[C@@H]2Oc2cccc(Br)c2)CC1. The van der Waals surface area contributed by atoms with Crippen LogP contribution in [0.15, 0.2) is 53.0 Å². The average Bonchev–Trinajstić information content (AvgIpc) is 2.84. The van der Waals surface area contributed by atoms with Gasteiger partial charge in [-0.25, -0.2) is 0 Å². The molecule has 2 heterocycles. The smallest absolute Gasteiger partial charge is 0.416 e. The minimum atomic E-state index is -4.53. The normalized spacial score (nSPS) is 21.4. The highest BCUT2D eigenvalue weighted by atomic mass is 79.9. The Morgan fingerprint density at radius 2 is 1.72 bits per heavy atom. The number of carbonyl (C=O) groups excluding carboxylic acids is 2. The maximum absolute atomic E-state index is 13.2. The summed E-state index contributed by atoms with van der Waals surface area (Å²) in [5, 5.41) is 0. The van der Waals surface area contributed by atoms with Crippen molar-refractivity contribution in [2.45, 2.75) is 25.1 Å². The number of halogens is 4. The van der Waals surface area contributed by atoms with Crippen LogP contribution in [0.2, 0.25) is 0 Å². The Balaban J connectivity index is 1.51. The van der Waals surface area contributed by atoms with Crippen molar-refractivity contribution in [1.29, 1.82) is 0 Å². The zero-order valence-electron chi connectivity index (χ0n) is 20.0. The molecule has 0 N–H and O–H groups in total. The molecule has 2 aliphatic heterocycles. The van der Waals surface area contributed by atoms with E-state index < -0.39 is 17.6 Å². The predicted octanol–water partition coefficient (Wildman–Crippen LogP) is 4.54. The number of carbonyl (C=O) groups is 2. The molecule has 4 rings (SSSR count). The molecule has 0 aromatic heterocycles. The number of hydrogen-bond acceptors (Lipinski definition) is 4. The molecule has 0 spiro atoms. The number of ether oxygens (including phenoxy) is 1. The van der Waals surface area contributed by atoms with Gasteiger partial charge >= 0.3 is 6.18 Å². The van der Waals surface area contributed by atoms with Gasteiger partial charge in [-0.1, -0.05) is 28.1 Å². The number of hydrogen-bond donors (Lipinski definition) is 0. The van der Waals surface area contributed by atoms with E-state index in [1.165, 1.54) is 17.0 Å². The Labute approximate surface area is 217 Å². The van der Waals surface area contributed by atoms with E-state index in [0.29, 0.717) is 31.8 Å². The van der Waals surface area contributed by atoms with Crippen molar-refractivity contribution in [3.63, 3.8) is 0 Å². The number of benzene rings is 2. The van der Waals surface area contributed by atoms with Gasteiger partial charge < -0.3 is 19.4 Å². The number of amides is 2. The van der Waals surface area contributed by atoms with E-state index in [1.807, 2.05) is 36.2 Å². The molecule has 2 atom stereocenters. The van der Waals surface area contributed by atoms with Gasteiger partial charge in [-0.2, -0.15) is 13.2 Å². The first kappa shape index (κ1) is 26.5. The molecule has 2 aliphatic rings. The highest BCUT2D eigenvalue weighted by Gasteiger charge is 2.37. The molecule has 6 nitrogen and oxygen atoms in total. The zero-order chi connectivity index (χ0) is 25.9. The number of likely N-dealkylation sites (tertiary alicyclic amines) is 1. The van der Waals surface area contributed by atoms with Crippen molar-refractivity contribution < 1.29 is 27.5 Å². The van der Waals surface area contributed by atoms with Gasteiger partial charge in [0.1, 0.15) is 11.9 Å². The Kier molecular flexibility index (Phi) is 8.24. The van der Waals surface area contributed by atoms with E-state index in [9.17, 15) is 22.8 Å². The van der Waals surface area contributed by atoms with Crippen molar-refractivity contribution >= 4 is 27.7 Å². The molecule has 0 aliphatic carbocycles. The van der Waals surface area contributed by atoms with Crippen LogP contribution in [0.4, 0.5) is 13.2 Å². The highest BCUT2D eigenvalue weighted by Crippen LogP contribution is 2.31. The molecule has 0 bridgehead atoms. The van der Waals surface area contributed by atoms with Gasteiger partial charge in [-0.3, -0.25) is 9.59 Å². The Hall–Kier alpha value is -2.59. The first-order valence-electron chi connectivity index (χ1n) is 12.0. The first-order chi connectivity index (χ1) is 17.1. The van der Waals surface area contributed by atoms with Crippen molar-refractivity contribution in [2.75, 3.05) is 46.3 Å². The number of likely N-dealkylation sites (N-methyl/N-ethyl adjacent to an activating group) is 1. The van der Waals surface area contributed by atoms with Crippen LogP contribution in [-0.2, 0) is 11.0 Å². The molecule has 0 saturated carbocycles. The van der Waals surface area contributed by atoms with E-state index in [1.54, 1.807) is 0 Å². The van der Waals surface area contributed by atoms with E-state index >= 15 is 0 Å². The van der Waals surface area contributed by atoms with Crippen molar-refractivity contribution in [3.8, 4) is 5.75 Å². The lowest BCUT2D eigenvalue weighted by Gasteiger charge is -2.40. The van der Waals surface area contributed by atoms with Crippen molar-refractivity contribution in [2.24, 2.45) is 5.92 Å². The minimum Gasteiger partial charge on any atom is -0.490 e. The molecule has 10 heteroatoms. The van der Waals surface area contributed by atoms with Gasteiger partial charge in [0.2, 0.25) is 5.91 Å². The summed E-state index contributed by atoms with van der Waals surface area (Å²) < 4.78 is 46.6. The van der Waals surface area contributed by atoms with Gasteiger partial charge in [0.15, 0.2) is 0 Å². The third-order valence-electron chi connectivity index (χ3n) is 6.76. The first-order valence-corrected chi connectivity index (χ1v) is 12.7. The van der Waals surface area contributed by atoms with E-state index in [0.717, 1.165) is 29.7 Å². The van der Waals surface area contributed by atoms with Gasteiger partial charge in [0.25, 0.3) is 5.91 Å². The standard InChI is InChI=1S/C26H29BrF3N3O3/c1-31-10-12-32(13-11-31)24(34)15-19-17-33(9-8-23(19)36-22-7-3-6-21(27)16-22)25(35)18-4-2-5-20(14-18)26(28,29)30/h2-7,14,16,19,23H,8-13,15,17H2,1H3/t19-,23-/m0/s1. The topological polar surface area (TPSA) is 53.1 Å². The van der Waals surface area contributed by atoms with Crippen molar-refractivity contribution in [1.82, 2.24) is 14.7 Å². The van der Waals surface area contributed by atoms with Crippen molar-refractivity contribution in [3.05, 3.63) is 64.1 Å². The molecule has 2 aromatic carbocycles. The molecular weight excluding hydrogens is 539 g/mol. The second-order valence-electron chi connectivity index (χ2n) is 9.38. The molecular formula is C26H29BrF3N3O3. The molecule has 0 unspecified atom stereocenters. The van der Waals surface area contributed by atoms with Crippen LogP contribution in [0.3, 0.4) is 0 Å². The van der Waals surface area contributed by atoms with Gasteiger partial charge in [-0.05, 0) is 43.4 Å². The maximum Gasteiger partial charge on any atom is 0.416 e. The zero-order valence-corrected chi connectivity index (χ0v) is 21.6. The van der Waals surface area contributed by atoms with Crippen LogP contribution in [0.5, 0.6) is 5.75 Å². The lowest BCUT2D eigenvalue weighted by molar-refractivity contribution is -0.137. The van der Waals surface area contributed by atoms with E-state index in [2.05, 4.69) is 20.8 Å². The van der Waals surface area contributed by atoms with E-state index in [4.69, 9.17) is 4.74 Å². The van der Waals surface area contributed by atoms with Gasteiger partial charge in [0.05, 0.1) is 5.56 Å². The van der Waals surface area contributed by atoms with Gasteiger partial charge in [-0.15, -0.1) is 0 Å². The van der Waals surface area contributed by atoms with Crippen LogP contribution < -0.4 is 4.74 Å². The quantitative estimate of drug-likeness (QED) is 0.532. The summed E-state index contributed by atoms with van der Waals surface area (Å²) in [6.45, 7) is 3.45. The maximum atomic E-state index is 13.2. The van der Waals surface area contributed by atoms with Crippen LogP contribution in [0.25, 0.3) is 0 Å². The molecule has 0 radical (unpaired) electrons. The van der Waals surface area contributed by atoms with Crippen LogP contribution in [-0.4, -0.2) is 78.9 Å². The monoisotopic (exact) mass is 567 g/mol. The fourth-order valence-electron chi connectivity index (χ4n) is 4.68. The van der Waals surface area contributed by atoms with Gasteiger partial charge in [0, 0.05) is 68.1 Å². The van der Waals surface area contributed by atoms with Crippen LogP contribution in [0, 0.1) is 5.92 Å². The Bertz CT molecular complexity index is 1090. The molecule has 36 heavy (non-hydrogen) atoms. The number of piperazine rings is 1. The number of rotatable bonds is 5. The Morgan fingerprint density at radius 1 is 1.00 bits per heavy atom. The third kappa shape index (κ3) is 6.59. The summed E-state index contributed by atoms with van der Waals surface area (Å²) in [6, 6.07) is 11.9. The summed E-state index contributed by atoms with van der Waals surface area (Å²) >= 11 is 3.44. The molecule has 2 saturated heterocycles. The molecule has 2 amide bonds. The summed E-state index contributed by atoms with van der Waals surface area (Å²) in [5.41, 5.74) is -0.872. The predicted molar refractivity (Wildman–Crippen MR) is 133 cm³/mol. The van der Waals surface area contributed by atoms with Crippen LogP contribution >= 0.6 is 15.9 Å². The lowest BCUT2D eigenvalue weighted by Crippen LogP contribution is -2.51. The number of piperidine rings is 1. The second kappa shape index (κ2) is 11.2. The second-order valence-corrected chi connectivity index (χ2v) is 10.3. The molecule has 2 aromatic rings. The van der Waals surface area contributed by atoms with Crippen LogP contribution in [0.1, 0.15) is 28.8 Å². The Morgan fingerprint density at radius 3 is 2.42 bits per heavy atom. The lowest BCUT2D eigenvalue weighted by atomic mass is 9.90. The number of alkyl halides is 3. The summed E-state index contributed by atoms with van der Waals surface area (Å²) in [6.07, 6.45) is -4.16. The van der Waals surface area contributed by atoms with E-state index in [-0.39, 0.29) is 36.5 Å². The third-order valence-corrected chi connectivity index (χ3v) is 7.26. The fraction of sp³-hybridized carbons (Fsp3) is 0.462. The molecule has 2 fully saturated rings. The molecule has 194 valence electrons.